The quantitative estimate of drug-likeness (QED) is 0.664. The Kier molecular flexibility index (Phi) is 6.81. The highest BCUT2D eigenvalue weighted by atomic mass is 16.5. The lowest BCUT2D eigenvalue weighted by molar-refractivity contribution is 0.140. The van der Waals surface area contributed by atoms with Crippen LogP contribution in [0.25, 0.3) is 0 Å². The third-order valence-electron chi connectivity index (χ3n) is 2.32. The van der Waals surface area contributed by atoms with Crippen molar-refractivity contribution in [2.24, 2.45) is 5.92 Å². The van der Waals surface area contributed by atoms with E-state index in [4.69, 9.17) is 4.74 Å². The van der Waals surface area contributed by atoms with Gasteiger partial charge < -0.3 is 10.1 Å². The van der Waals surface area contributed by atoms with Crippen LogP contribution in [-0.2, 0) is 17.8 Å². The molecular formula is C12H24N4O. The molecule has 0 aliphatic carbocycles. The second-order valence-electron chi connectivity index (χ2n) is 4.55. The van der Waals surface area contributed by atoms with E-state index in [1.54, 1.807) is 0 Å². The van der Waals surface area contributed by atoms with Gasteiger partial charge in [0.05, 0.1) is 5.69 Å². The summed E-state index contributed by atoms with van der Waals surface area (Å²) in [6.45, 7) is 10.6. The average Bonchev–Trinajstić information content (AvgIpc) is 2.72. The minimum Gasteiger partial charge on any atom is -0.382 e. The summed E-state index contributed by atoms with van der Waals surface area (Å²) in [5.74, 6) is 0.663. The molecule has 1 rings (SSSR count). The maximum atomic E-state index is 5.28. The van der Waals surface area contributed by atoms with Crippen molar-refractivity contribution in [3.63, 3.8) is 0 Å². The molecular weight excluding hydrogens is 216 g/mol. The number of nitrogens with one attached hydrogen (secondary N) is 1. The lowest BCUT2D eigenvalue weighted by Gasteiger charge is -2.04. The van der Waals surface area contributed by atoms with E-state index in [9.17, 15) is 0 Å². The van der Waals surface area contributed by atoms with Gasteiger partial charge in [-0.15, -0.1) is 5.10 Å². The predicted molar refractivity (Wildman–Crippen MR) is 67.7 cm³/mol. The monoisotopic (exact) mass is 240 g/mol. The Bertz CT molecular complexity index is 298. The first-order chi connectivity index (χ1) is 8.22. The topological polar surface area (TPSA) is 52.0 Å². The molecule has 0 fully saturated rings. The van der Waals surface area contributed by atoms with Crippen molar-refractivity contribution in [1.82, 2.24) is 20.3 Å². The van der Waals surface area contributed by atoms with Crippen molar-refractivity contribution < 1.29 is 4.74 Å². The number of hydrogen-bond donors (Lipinski definition) is 1. The molecule has 0 aliphatic rings. The Balaban J connectivity index is 2.18. The normalized spacial score (nSPS) is 11.3. The van der Waals surface area contributed by atoms with E-state index in [0.717, 1.165) is 45.0 Å². The van der Waals surface area contributed by atoms with Crippen molar-refractivity contribution in [2.45, 2.75) is 40.3 Å². The molecule has 0 aliphatic heterocycles. The van der Waals surface area contributed by atoms with Gasteiger partial charge in [0, 0.05) is 32.5 Å². The highest BCUT2D eigenvalue weighted by Gasteiger charge is 2.01. The van der Waals surface area contributed by atoms with Gasteiger partial charge in [-0.25, -0.2) is 0 Å². The fourth-order valence-corrected chi connectivity index (χ4v) is 1.49. The largest absolute Gasteiger partial charge is 0.382 e. The van der Waals surface area contributed by atoms with Crippen LogP contribution in [0, 0.1) is 5.92 Å². The van der Waals surface area contributed by atoms with E-state index in [0.29, 0.717) is 5.92 Å². The Labute approximate surface area is 104 Å². The van der Waals surface area contributed by atoms with Crippen LogP contribution in [-0.4, -0.2) is 34.8 Å². The molecule has 0 saturated carbocycles. The summed E-state index contributed by atoms with van der Waals surface area (Å²) in [5.41, 5.74) is 1.00. The summed E-state index contributed by atoms with van der Waals surface area (Å²) in [4.78, 5) is 0. The first-order valence-electron chi connectivity index (χ1n) is 6.39. The van der Waals surface area contributed by atoms with E-state index >= 15 is 0 Å². The lowest BCUT2D eigenvalue weighted by Crippen LogP contribution is -2.19. The van der Waals surface area contributed by atoms with Crippen LogP contribution in [0.15, 0.2) is 6.20 Å². The number of hydrogen-bond acceptors (Lipinski definition) is 4. The zero-order chi connectivity index (χ0) is 12.5. The number of ether oxygens (including phenoxy) is 1. The van der Waals surface area contributed by atoms with Crippen LogP contribution in [0.5, 0.6) is 0 Å². The number of aryl methyl sites for hydroxylation is 1. The molecule has 0 spiro atoms. The summed E-state index contributed by atoms with van der Waals surface area (Å²) in [6.07, 6.45) is 2.98. The fraction of sp³-hybridized carbons (Fsp3) is 0.833. The molecule has 5 nitrogen and oxygen atoms in total. The second kappa shape index (κ2) is 8.20. The fourth-order valence-electron chi connectivity index (χ4n) is 1.49. The molecule has 1 aromatic heterocycles. The maximum Gasteiger partial charge on any atom is 0.0964 e. The maximum absolute atomic E-state index is 5.28. The number of nitrogens with zero attached hydrogens (tertiary/aromatic N) is 3. The van der Waals surface area contributed by atoms with Gasteiger partial charge in [-0.3, -0.25) is 4.68 Å². The van der Waals surface area contributed by atoms with E-state index in [1.165, 1.54) is 0 Å². The smallest absolute Gasteiger partial charge is 0.0964 e. The molecule has 1 heterocycles. The minimum atomic E-state index is 0.663. The van der Waals surface area contributed by atoms with Gasteiger partial charge in [0.1, 0.15) is 0 Å². The Morgan fingerprint density at radius 1 is 1.47 bits per heavy atom. The standard InChI is InChI=1S/C12H24N4O/c1-4-17-7-5-6-16-10-12(14-15-16)9-13-8-11(2)3/h10-11,13H,4-9H2,1-3H3. The molecule has 0 saturated heterocycles. The van der Waals surface area contributed by atoms with Crippen molar-refractivity contribution in [3.8, 4) is 0 Å². The Morgan fingerprint density at radius 3 is 3.00 bits per heavy atom. The van der Waals surface area contributed by atoms with Gasteiger partial charge in [0.15, 0.2) is 0 Å². The molecule has 0 bridgehead atoms. The van der Waals surface area contributed by atoms with Gasteiger partial charge in [-0.05, 0) is 25.8 Å². The molecule has 5 heteroatoms. The lowest BCUT2D eigenvalue weighted by atomic mass is 10.2. The Hall–Kier alpha value is -0.940. The van der Waals surface area contributed by atoms with Crippen molar-refractivity contribution in [2.75, 3.05) is 19.8 Å². The third-order valence-corrected chi connectivity index (χ3v) is 2.32. The molecule has 0 aromatic carbocycles. The van der Waals surface area contributed by atoms with Gasteiger partial charge >= 0.3 is 0 Å². The zero-order valence-electron chi connectivity index (χ0n) is 11.1. The van der Waals surface area contributed by atoms with Crippen molar-refractivity contribution in [3.05, 3.63) is 11.9 Å². The van der Waals surface area contributed by atoms with Crippen molar-refractivity contribution in [1.29, 1.82) is 0 Å². The van der Waals surface area contributed by atoms with Gasteiger partial charge in [-0.1, -0.05) is 19.1 Å². The van der Waals surface area contributed by atoms with E-state index in [-0.39, 0.29) is 0 Å². The highest BCUT2D eigenvalue weighted by Crippen LogP contribution is 1.96. The van der Waals surface area contributed by atoms with Gasteiger partial charge in [-0.2, -0.15) is 0 Å². The predicted octanol–water partition coefficient (Wildman–Crippen LogP) is 1.45. The summed E-state index contributed by atoms with van der Waals surface area (Å²) in [6, 6.07) is 0. The second-order valence-corrected chi connectivity index (χ2v) is 4.55. The molecule has 0 radical (unpaired) electrons. The number of rotatable bonds is 9. The SMILES string of the molecule is CCOCCCn1cc(CNCC(C)C)nn1. The average molecular weight is 240 g/mol. The van der Waals surface area contributed by atoms with Crippen LogP contribution < -0.4 is 5.32 Å². The van der Waals surface area contributed by atoms with Crippen LogP contribution in [0.2, 0.25) is 0 Å². The van der Waals surface area contributed by atoms with Crippen LogP contribution in [0.4, 0.5) is 0 Å². The highest BCUT2D eigenvalue weighted by molar-refractivity contribution is 4.91. The third kappa shape index (κ3) is 6.38. The molecule has 1 aromatic rings. The summed E-state index contributed by atoms with van der Waals surface area (Å²) in [7, 11) is 0. The van der Waals surface area contributed by atoms with Gasteiger partial charge in [0.25, 0.3) is 0 Å². The Morgan fingerprint density at radius 2 is 2.29 bits per heavy atom. The van der Waals surface area contributed by atoms with Crippen LogP contribution in [0.1, 0.15) is 32.9 Å². The summed E-state index contributed by atoms with van der Waals surface area (Å²) in [5, 5.41) is 11.6. The minimum absolute atomic E-state index is 0.663. The molecule has 98 valence electrons. The molecule has 0 atom stereocenters. The molecule has 1 N–H and O–H groups in total. The van der Waals surface area contributed by atoms with Crippen LogP contribution >= 0.6 is 0 Å². The van der Waals surface area contributed by atoms with Crippen LogP contribution in [0.3, 0.4) is 0 Å². The molecule has 17 heavy (non-hydrogen) atoms. The van der Waals surface area contributed by atoms with E-state index < -0.39 is 0 Å². The first kappa shape index (κ1) is 14.1. The zero-order valence-corrected chi connectivity index (χ0v) is 11.1. The molecule has 0 unspecified atom stereocenters. The summed E-state index contributed by atoms with van der Waals surface area (Å²) >= 11 is 0. The van der Waals surface area contributed by atoms with E-state index in [1.807, 2.05) is 17.8 Å². The van der Waals surface area contributed by atoms with Crippen molar-refractivity contribution >= 4 is 0 Å². The first-order valence-corrected chi connectivity index (χ1v) is 6.39. The number of aromatic nitrogens is 3. The summed E-state index contributed by atoms with van der Waals surface area (Å²) < 4.78 is 7.16. The van der Waals surface area contributed by atoms with E-state index in [2.05, 4.69) is 29.5 Å². The van der Waals surface area contributed by atoms with Gasteiger partial charge in [0.2, 0.25) is 0 Å². The molecule has 0 amide bonds.